The molecule has 0 aromatic carbocycles. The van der Waals surface area contributed by atoms with Gasteiger partial charge < -0.3 is 0 Å². The van der Waals surface area contributed by atoms with Crippen LogP contribution in [0.4, 0.5) is 0 Å². The molecule has 0 saturated heterocycles. The summed E-state index contributed by atoms with van der Waals surface area (Å²) in [6.07, 6.45) is 5.43. The van der Waals surface area contributed by atoms with E-state index in [1.54, 1.807) is 17.4 Å². The molecule has 2 rings (SSSR count). The van der Waals surface area contributed by atoms with Crippen molar-refractivity contribution in [3.8, 4) is 0 Å². The molecule has 12 heavy (non-hydrogen) atoms. The van der Waals surface area contributed by atoms with Crippen molar-refractivity contribution in [2.75, 3.05) is 0 Å². The molecule has 1 aliphatic rings. The average molecular weight is 178 g/mol. The van der Waals surface area contributed by atoms with Gasteiger partial charge in [-0.3, -0.25) is 4.79 Å². The van der Waals surface area contributed by atoms with E-state index < -0.39 is 0 Å². The summed E-state index contributed by atoms with van der Waals surface area (Å²) < 4.78 is 0. The van der Waals surface area contributed by atoms with Crippen LogP contribution < -0.4 is 0 Å². The van der Waals surface area contributed by atoms with Crippen LogP contribution in [0.3, 0.4) is 0 Å². The normalized spacial score (nSPS) is 23.0. The first kappa shape index (κ1) is 7.74. The van der Waals surface area contributed by atoms with Crippen molar-refractivity contribution in [3.63, 3.8) is 0 Å². The van der Waals surface area contributed by atoms with Crippen LogP contribution in [0.2, 0.25) is 0 Å². The van der Waals surface area contributed by atoms with E-state index in [1.165, 1.54) is 4.88 Å². The minimum absolute atomic E-state index is 0.266. The maximum absolute atomic E-state index is 10.9. The summed E-state index contributed by atoms with van der Waals surface area (Å²) in [5, 5.41) is 2.08. The summed E-state index contributed by atoms with van der Waals surface area (Å²) in [5.41, 5.74) is 0. The molecule has 0 bridgehead atoms. The molecule has 1 heterocycles. The van der Waals surface area contributed by atoms with Crippen LogP contribution in [0.25, 0.3) is 0 Å². The summed E-state index contributed by atoms with van der Waals surface area (Å²) in [6.45, 7) is 0. The molecule has 0 saturated carbocycles. The van der Waals surface area contributed by atoms with Crippen LogP contribution in [-0.4, -0.2) is 5.78 Å². The van der Waals surface area contributed by atoms with Gasteiger partial charge in [0, 0.05) is 17.2 Å². The predicted octanol–water partition coefficient (Wildman–Crippen LogP) is 2.75. The Balaban J connectivity index is 2.17. The Morgan fingerprint density at radius 3 is 3.00 bits per heavy atom. The molecule has 62 valence electrons. The highest BCUT2D eigenvalue weighted by Crippen LogP contribution is 2.29. The average Bonchev–Trinajstić information content (AvgIpc) is 2.58. The second kappa shape index (κ2) is 3.23. The molecule has 1 aromatic rings. The highest BCUT2D eigenvalue weighted by Gasteiger charge is 2.14. The number of hydrogen-bond acceptors (Lipinski definition) is 2. The summed E-state index contributed by atoms with van der Waals surface area (Å²) in [5.74, 6) is 0.755. The molecule has 0 radical (unpaired) electrons. The van der Waals surface area contributed by atoms with Gasteiger partial charge in [-0.1, -0.05) is 12.1 Å². The summed E-state index contributed by atoms with van der Waals surface area (Å²) >= 11 is 1.77. The minimum Gasteiger partial charge on any atom is -0.295 e. The third-order valence-corrected chi connectivity index (χ3v) is 3.13. The zero-order valence-corrected chi connectivity index (χ0v) is 7.51. The van der Waals surface area contributed by atoms with Crippen molar-refractivity contribution in [3.05, 3.63) is 34.5 Å². The molecule has 0 fully saturated rings. The predicted molar refractivity (Wildman–Crippen MR) is 50.4 cm³/mol. The number of hydrogen-bond donors (Lipinski definition) is 0. The highest BCUT2D eigenvalue weighted by atomic mass is 32.1. The van der Waals surface area contributed by atoms with Crippen molar-refractivity contribution in [1.82, 2.24) is 0 Å². The van der Waals surface area contributed by atoms with Crippen molar-refractivity contribution < 1.29 is 4.79 Å². The summed E-state index contributed by atoms with van der Waals surface area (Å²) in [4.78, 5) is 12.3. The number of carbonyl (C=O) groups is 1. The number of allylic oxidation sites excluding steroid dienone is 2. The molecule has 2 heteroatoms. The third-order valence-electron chi connectivity index (χ3n) is 2.12. The lowest BCUT2D eigenvalue weighted by molar-refractivity contribution is -0.115. The Bertz CT molecular complexity index is 298. The second-order valence-electron chi connectivity index (χ2n) is 2.99. The quantitative estimate of drug-likeness (QED) is 0.646. The first-order chi connectivity index (χ1) is 5.86. The van der Waals surface area contributed by atoms with Gasteiger partial charge in [-0.05, 0) is 23.9 Å². The van der Waals surface area contributed by atoms with Gasteiger partial charge in [0.05, 0.1) is 0 Å². The van der Waals surface area contributed by atoms with Gasteiger partial charge in [0.25, 0.3) is 0 Å². The van der Waals surface area contributed by atoms with E-state index in [0.717, 1.165) is 6.42 Å². The fourth-order valence-electron chi connectivity index (χ4n) is 1.44. The van der Waals surface area contributed by atoms with Crippen LogP contribution in [0.1, 0.15) is 23.6 Å². The van der Waals surface area contributed by atoms with Gasteiger partial charge in [0.1, 0.15) is 0 Å². The van der Waals surface area contributed by atoms with E-state index in [0.29, 0.717) is 12.3 Å². The molecule has 0 amide bonds. The Hall–Kier alpha value is -0.890. The standard InChI is InChI=1S/C10H10OS/c11-9-5-3-8(4-6-9)10-2-1-7-12-10/h1-3,5,7-8H,4,6H2. The topological polar surface area (TPSA) is 17.1 Å². The molecule has 1 nitrogen and oxygen atoms in total. The molecule has 1 aromatic heterocycles. The number of ketones is 1. The zero-order chi connectivity index (χ0) is 8.39. The smallest absolute Gasteiger partial charge is 0.155 e. The minimum atomic E-state index is 0.266. The van der Waals surface area contributed by atoms with Gasteiger partial charge >= 0.3 is 0 Å². The van der Waals surface area contributed by atoms with Crippen LogP contribution in [-0.2, 0) is 4.79 Å². The Kier molecular flexibility index (Phi) is 2.09. The molecule has 1 atom stereocenters. The number of carbonyl (C=O) groups excluding carboxylic acids is 1. The SMILES string of the molecule is O=C1C=CC(c2cccs2)CC1. The lowest BCUT2D eigenvalue weighted by Gasteiger charge is -2.13. The first-order valence-corrected chi connectivity index (χ1v) is 4.98. The van der Waals surface area contributed by atoms with E-state index in [9.17, 15) is 4.79 Å². The van der Waals surface area contributed by atoms with Crippen molar-refractivity contribution in [1.29, 1.82) is 0 Å². The summed E-state index contributed by atoms with van der Waals surface area (Å²) in [6, 6.07) is 4.19. The monoisotopic (exact) mass is 178 g/mol. The Morgan fingerprint density at radius 2 is 2.42 bits per heavy atom. The zero-order valence-electron chi connectivity index (χ0n) is 6.69. The van der Waals surface area contributed by atoms with Crippen LogP contribution in [0.5, 0.6) is 0 Å². The lowest BCUT2D eigenvalue weighted by Crippen LogP contribution is -2.04. The van der Waals surface area contributed by atoms with E-state index in [4.69, 9.17) is 0 Å². The lowest BCUT2D eigenvalue weighted by atomic mass is 9.94. The van der Waals surface area contributed by atoms with Gasteiger partial charge in [0.15, 0.2) is 5.78 Å². The Morgan fingerprint density at radius 1 is 1.50 bits per heavy atom. The molecule has 0 N–H and O–H groups in total. The molecule has 1 aliphatic carbocycles. The third kappa shape index (κ3) is 1.48. The number of rotatable bonds is 1. The second-order valence-corrected chi connectivity index (χ2v) is 3.97. The molecular weight excluding hydrogens is 168 g/mol. The van der Waals surface area contributed by atoms with Gasteiger partial charge in [0.2, 0.25) is 0 Å². The van der Waals surface area contributed by atoms with Gasteiger partial charge in [-0.2, -0.15) is 0 Å². The maximum atomic E-state index is 10.9. The van der Waals surface area contributed by atoms with Crippen LogP contribution in [0, 0.1) is 0 Å². The van der Waals surface area contributed by atoms with E-state index >= 15 is 0 Å². The fraction of sp³-hybridized carbons (Fsp3) is 0.300. The first-order valence-electron chi connectivity index (χ1n) is 4.11. The number of thiophene rings is 1. The van der Waals surface area contributed by atoms with E-state index in [1.807, 2.05) is 6.08 Å². The highest BCUT2D eigenvalue weighted by molar-refractivity contribution is 7.10. The van der Waals surface area contributed by atoms with Crippen molar-refractivity contribution in [2.45, 2.75) is 18.8 Å². The van der Waals surface area contributed by atoms with Crippen molar-refractivity contribution >= 4 is 17.1 Å². The van der Waals surface area contributed by atoms with Gasteiger partial charge in [-0.25, -0.2) is 0 Å². The molecule has 0 spiro atoms. The molecule has 0 aliphatic heterocycles. The Labute approximate surface area is 75.7 Å². The molecular formula is C10H10OS. The van der Waals surface area contributed by atoms with Crippen molar-refractivity contribution in [2.24, 2.45) is 0 Å². The fourth-order valence-corrected chi connectivity index (χ4v) is 2.28. The van der Waals surface area contributed by atoms with E-state index in [-0.39, 0.29) is 5.78 Å². The maximum Gasteiger partial charge on any atom is 0.155 e. The summed E-state index contributed by atoms with van der Waals surface area (Å²) in [7, 11) is 0. The van der Waals surface area contributed by atoms with Crippen LogP contribution in [0.15, 0.2) is 29.7 Å². The molecule has 1 unspecified atom stereocenters. The van der Waals surface area contributed by atoms with E-state index in [2.05, 4.69) is 17.5 Å². The van der Waals surface area contributed by atoms with Crippen LogP contribution >= 0.6 is 11.3 Å². The van der Waals surface area contributed by atoms with Gasteiger partial charge in [-0.15, -0.1) is 11.3 Å². The largest absolute Gasteiger partial charge is 0.295 e.